The third kappa shape index (κ3) is 2.99. The van der Waals surface area contributed by atoms with Crippen LogP contribution < -0.4 is 9.84 Å². The summed E-state index contributed by atoms with van der Waals surface area (Å²) in [5.74, 6) is -1.05. The lowest BCUT2D eigenvalue weighted by molar-refractivity contribution is -0.312. The van der Waals surface area contributed by atoms with E-state index in [1.807, 2.05) is 0 Å². The summed E-state index contributed by atoms with van der Waals surface area (Å²) in [6.45, 7) is 5.00. The highest BCUT2D eigenvalue weighted by atomic mass is 16.5. The minimum atomic E-state index is -1.32. The molecule has 1 heterocycles. The molecule has 0 fully saturated rings. The topological polar surface area (TPSA) is 88.8 Å². The minimum absolute atomic E-state index is 0.253. The molecule has 1 atom stereocenters. The van der Waals surface area contributed by atoms with Gasteiger partial charge in [-0.3, -0.25) is 0 Å². The fourth-order valence-electron chi connectivity index (χ4n) is 1.98. The van der Waals surface area contributed by atoms with Crippen LogP contribution in [0, 0.1) is 6.92 Å². The maximum atomic E-state index is 12.0. The molecule has 2 rings (SSSR count). The van der Waals surface area contributed by atoms with Crippen LogP contribution in [0.5, 0.6) is 5.75 Å². The lowest BCUT2D eigenvalue weighted by Gasteiger charge is -2.15. The maximum Gasteiger partial charge on any atom is 0.342 e. The Hall–Kier alpha value is -2.50. The van der Waals surface area contributed by atoms with E-state index in [1.165, 1.54) is 6.92 Å². The number of carbonyl (C=O) groups is 2. The van der Waals surface area contributed by atoms with Gasteiger partial charge in [0, 0.05) is 5.39 Å². The Morgan fingerprint density at radius 3 is 2.71 bits per heavy atom. The van der Waals surface area contributed by atoms with Crippen LogP contribution in [-0.4, -0.2) is 24.6 Å². The number of fused-ring (bicyclic) bond motifs is 1. The van der Waals surface area contributed by atoms with Gasteiger partial charge in [-0.15, -0.1) is 0 Å². The zero-order valence-corrected chi connectivity index (χ0v) is 12.0. The van der Waals surface area contributed by atoms with Crippen molar-refractivity contribution < 1.29 is 28.6 Å². The van der Waals surface area contributed by atoms with Crippen LogP contribution in [-0.2, 0) is 9.53 Å². The number of aryl methyl sites for hydroxylation is 1. The predicted molar refractivity (Wildman–Crippen MR) is 72.0 cm³/mol. The fourth-order valence-corrected chi connectivity index (χ4v) is 1.98. The molecule has 0 unspecified atom stereocenters. The van der Waals surface area contributed by atoms with Crippen molar-refractivity contribution in [1.29, 1.82) is 0 Å². The molecule has 0 aliphatic carbocycles. The molecule has 0 saturated heterocycles. The second-order valence-corrected chi connectivity index (χ2v) is 4.49. The second-order valence-electron chi connectivity index (χ2n) is 4.49. The first kappa shape index (κ1) is 14.9. The molecular formula is C15H15O6-. The summed E-state index contributed by atoms with van der Waals surface area (Å²) in [6, 6.07) is 4.74. The lowest BCUT2D eigenvalue weighted by atomic mass is 10.1. The summed E-state index contributed by atoms with van der Waals surface area (Å²) >= 11 is 0. The highest BCUT2D eigenvalue weighted by Crippen LogP contribution is 2.30. The third-order valence-corrected chi connectivity index (χ3v) is 2.96. The number of esters is 1. The van der Waals surface area contributed by atoms with Crippen molar-refractivity contribution in [1.82, 2.24) is 0 Å². The number of carboxylic acid groups (broad SMARTS) is 1. The van der Waals surface area contributed by atoms with Crippen LogP contribution in [0.4, 0.5) is 0 Å². The van der Waals surface area contributed by atoms with Gasteiger partial charge >= 0.3 is 5.97 Å². The van der Waals surface area contributed by atoms with Crippen LogP contribution in [0.3, 0.4) is 0 Å². The number of benzene rings is 1. The molecule has 0 saturated carbocycles. The number of aliphatic carboxylic acids is 1. The van der Waals surface area contributed by atoms with Gasteiger partial charge in [-0.05, 0) is 39.0 Å². The first-order valence-electron chi connectivity index (χ1n) is 6.51. The van der Waals surface area contributed by atoms with Crippen molar-refractivity contribution in [2.45, 2.75) is 26.9 Å². The van der Waals surface area contributed by atoms with Crippen LogP contribution in [0.15, 0.2) is 22.6 Å². The number of rotatable bonds is 5. The van der Waals surface area contributed by atoms with Gasteiger partial charge in [-0.1, -0.05) is 0 Å². The number of hydrogen-bond acceptors (Lipinski definition) is 6. The van der Waals surface area contributed by atoms with Gasteiger partial charge < -0.3 is 23.8 Å². The van der Waals surface area contributed by atoms with Crippen molar-refractivity contribution >= 4 is 22.9 Å². The Bertz CT molecular complexity index is 685. The van der Waals surface area contributed by atoms with Crippen molar-refractivity contribution in [3.8, 4) is 5.75 Å². The lowest BCUT2D eigenvalue weighted by Crippen LogP contribution is -2.37. The van der Waals surface area contributed by atoms with Gasteiger partial charge in [0.05, 0.1) is 12.6 Å². The van der Waals surface area contributed by atoms with Crippen LogP contribution >= 0.6 is 0 Å². The van der Waals surface area contributed by atoms with E-state index in [2.05, 4.69) is 0 Å². The van der Waals surface area contributed by atoms with Gasteiger partial charge in [0.2, 0.25) is 0 Å². The Labute approximate surface area is 121 Å². The zero-order chi connectivity index (χ0) is 15.6. The smallest absolute Gasteiger partial charge is 0.342 e. The molecule has 0 amide bonds. The molecular weight excluding hydrogens is 276 g/mol. The Kier molecular flexibility index (Phi) is 4.16. The number of carbonyl (C=O) groups excluding carboxylic acids is 2. The highest BCUT2D eigenvalue weighted by molar-refractivity contribution is 6.04. The Balaban J connectivity index is 2.43. The largest absolute Gasteiger partial charge is 0.546 e. The van der Waals surface area contributed by atoms with E-state index >= 15 is 0 Å². The average molecular weight is 291 g/mol. The molecule has 0 N–H and O–H groups in total. The quantitative estimate of drug-likeness (QED) is 0.774. The molecule has 21 heavy (non-hydrogen) atoms. The monoisotopic (exact) mass is 291 g/mol. The summed E-state index contributed by atoms with van der Waals surface area (Å²) in [7, 11) is 0. The van der Waals surface area contributed by atoms with Crippen molar-refractivity contribution in [3.63, 3.8) is 0 Å². The Morgan fingerprint density at radius 2 is 2.10 bits per heavy atom. The van der Waals surface area contributed by atoms with Gasteiger partial charge in [0.25, 0.3) is 0 Å². The number of carboxylic acids is 1. The van der Waals surface area contributed by atoms with Crippen molar-refractivity contribution in [2.75, 3.05) is 6.61 Å². The molecule has 0 bridgehead atoms. The fraction of sp³-hybridized carbons (Fsp3) is 0.333. The average Bonchev–Trinajstić information content (AvgIpc) is 2.74. The number of furan rings is 1. The van der Waals surface area contributed by atoms with Gasteiger partial charge in [-0.2, -0.15) is 0 Å². The van der Waals surface area contributed by atoms with Gasteiger partial charge in [-0.25, -0.2) is 4.79 Å². The first-order chi connectivity index (χ1) is 9.93. The van der Waals surface area contributed by atoms with E-state index in [4.69, 9.17) is 13.9 Å². The van der Waals surface area contributed by atoms with Crippen LogP contribution in [0.1, 0.15) is 30.0 Å². The van der Waals surface area contributed by atoms with Gasteiger partial charge in [0.15, 0.2) is 0 Å². The summed E-state index contributed by atoms with van der Waals surface area (Å²) in [6.07, 6.45) is -1.10. The predicted octanol–water partition coefficient (Wildman–Crippen LogP) is 1.44. The van der Waals surface area contributed by atoms with E-state index < -0.39 is 18.0 Å². The molecule has 1 aromatic carbocycles. The zero-order valence-electron chi connectivity index (χ0n) is 12.0. The molecule has 0 spiro atoms. The minimum Gasteiger partial charge on any atom is -0.546 e. The summed E-state index contributed by atoms with van der Waals surface area (Å²) < 4.78 is 15.7. The molecule has 6 heteroatoms. The number of ether oxygens (including phenoxy) is 2. The van der Waals surface area contributed by atoms with E-state index in [1.54, 1.807) is 32.0 Å². The molecule has 112 valence electrons. The maximum absolute atomic E-state index is 12.0. The summed E-state index contributed by atoms with van der Waals surface area (Å²) in [4.78, 5) is 22.7. The first-order valence-corrected chi connectivity index (χ1v) is 6.51. The Morgan fingerprint density at radius 1 is 1.38 bits per heavy atom. The third-order valence-electron chi connectivity index (χ3n) is 2.96. The van der Waals surface area contributed by atoms with Crippen LogP contribution in [0.25, 0.3) is 11.0 Å². The number of hydrogen-bond donors (Lipinski definition) is 0. The van der Waals surface area contributed by atoms with Gasteiger partial charge in [0.1, 0.15) is 28.8 Å². The molecule has 0 radical (unpaired) electrons. The van der Waals surface area contributed by atoms with Crippen molar-refractivity contribution in [3.05, 3.63) is 29.5 Å². The molecule has 1 aromatic heterocycles. The molecule has 0 aliphatic rings. The van der Waals surface area contributed by atoms with E-state index in [-0.39, 0.29) is 6.61 Å². The van der Waals surface area contributed by atoms with E-state index in [0.29, 0.717) is 28.0 Å². The normalized spacial score (nSPS) is 12.1. The standard InChI is InChI=1S/C15H16O6/c1-4-19-15(18)13-8(2)21-12-6-5-10(7-11(12)13)20-9(3)14(16)17/h5-7,9H,4H2,1-3H3,(H,16,17)/p-1/t9-/m1/s1. The van der Waals surface area contributed by atoms with Crippen LogP contribution in [0.2, 0.25) is 0 Å². The summed E-state index contributed by atoms with van der Waals surface area (Å²) in [5.41, 5.74) is 0.822. The molecule has 2 aromatic rings. The molecule has 6 nitrogen and oxygen atoms in total. The summed E-state index contributed by atoms with van der Waals surface area (Å²) in [5, 5.41) is 11.2. The highest BCUT2D eigenvalue weighted by Gasteiger charge is 2.20. The SMILES string of the molecule is CCOC(=O)c1c(C)oc2ccc(O[C@H](C)C(=O)[O-])cc12. The molecule has 0 aliphatic heterocycles. The van der Waals surface area contributed by atoms with Crippen molar-refractivity contribution in [2.24, 2.45) is 0 Å². The second kappa shape index (κ2) is 5.87. The van der Waals surface area contributed by atoms with E-state index in [0.717, 1.165) is 0 Å². The van der Waals surface area contributed by atoms with E-state index in [9.17, 15) is 14.7 Å².